The van der Waals surface area contributed by atoms with E-state index in [0.29, 0.717) is 52.4 Å². The number of nitrogens with zero attached hydrogens (tertiary/aromatic N) is 5. The summed E-state index contributed by atoms with van der Waals surface area (Å²) in [5, 5.41) is 14.7. The first-order valence-electron chi connectivity index (χ1n) is 16.3. The highest BCUT2D eigenvalue weighted by Gasteiger charge is 2.50. The molecular weight excluding hydrogens is 620 g/mol. The third kappa shape index (κ3) is 4.00. The second-order valence-electron chi connectivity index (χ2n) is 12.7. The number of ether oxygens (including phenoxy) is 2. The largest absolute Gasteiger partial charge is 0.489 e. The number of alkyl halides is 1. The zero-order valence-electron chi connectivity index (χ0n) is 26.1. The van der Waals surface area contributed by atoms with Gasteiger partial charge in [0, 0.05) is 47.2 Å². The van der Waals surface area contributed by atoms with E-state index in [-0.39, 0.29) is 76.5 Å². The van der Waals surface area contributed by atoms with Gasteiger partial charge < -0.3 is 25.4 Å². The van der Waals surface area contributed by atoms with Gasteiger partial charge in [-0.1, -0.05) is 23.7 Å². The lowest BCUT2D eigenvalue weighted by molar-refractivity contribution is 0.107. The van der Waals surface area contributed by atoms with Gasteiger partial charge in [-0.25, -0.2) is 8.78 Å². The van der Waals surface area contributed by atoms with Crippen molar-refractivity contribution in [1.29, 1.82) is 5.26 Å². The number of nitriles is 1. The number of benzene rings is 2. The molecule has 5 aliphatic heterocycles. The molecule has 3 unspecified atom stereocenters. The number of hydrogen-bond acceptors (Lipinski definition) is 10. The maximum absolute atomic E-state index is 17.2. The zero-order chi connectivity index (χ0) is 32.4. The van der Waals surface area contributed by atoms with E-state index in [1.807, 2.05) is 11.0 Å². The Balaban J connectivity index is 1.28. The van der Waals surface area contributed by atoms with E-state index in [1.165, 1.54) is 11.3 Å². The first-order valence-corrected chi connectivity index (χ1v) is 16.5. The number of rotatable bonds is 4. The molecule has 4 aromatic rings. The summed E-state index contributed by atoms with van der Waals surface area (Å²) >= 11 is 8.32. The van der Waals surface area contributed by atoms with Crippen LogP contribution in [0.25, 0.3) is 32.1 Å². The standard InChI is InChI=1S/C32H30ClF2N7O2S/c33-25-23(17-3-1-4-21-22(17)18(10-36)29(37)45-21)26(35)27-24-28(25)43-13-20-19-6-5-16(38-19)12-42(20)30(24)40-31(39-27)44-14-32-7-2-8-41(32)11-15(34)9-32/h1,3-4,15-16,19-20,38H,2,5-9,11-14,37H2/t15-,16?,19?,20?,32+/m1/s1/i14D2. The lowest BCUT2D eigenvalue weighted by Crippen LogP contribution is -2.60. The van der Waals surface area contributed by atoms with E-state index in [2.05, 4.69) is 21.3 Å². The molecule has 2 aromatic heterocycles. The van der Waals surface area contributed by atoms with Crippen molar-refractivity contribution in [2.45, 2.75) is 61.9 Å². The van der Waals surface area contributed by atoms with E-state index in [0.717, 1.165) is 12.8 Å². The highest BCUT2D eigenvalue weighted by Crippen LogP contribution is 2.51. The van der Waals surface area contributed by atoms with Crippen LogP contribution in [0, 0.1) is 17.1 Å². The van der Waals surface area contributed by atoms with E-state index >= 15 is 4.39 Å². The van der Waals surface area contributed by atoms with Gasteiger partial charge >= 0.3 is 6.01 Å². The predicted molar refractivity (Wildman–Crippen MR) is 170 cm³/mol. The maximum Gasteiger partial charge on any atom is 0.319 e. The van der Waals surface area contributed by atoms with Gasteiger partial charge in [-0.05, 0) is 43.9 Å². The number of hydrogen-bond donors (Lipinski definition) is 2. The third-order valence-corrected chi connectivity index (χ3v) is 11.6. The van der Waals surface area contributed by atoms with Crippen LogP contribution < -0.4 is 25.4 Å². The summed E-state index contributed by atoms with van der Waals surface area (Å²) in [6.07, 6.45) is 1.85. The number of piperazine rings is 1. The number of halogens is 3. The Morgan fingerprint density at radius 1 is 1.31 bits per heavy atom. The Hall–Kier alpha value is -3.50. The number of nitrogens with two attached hydrogens (primary N) is 1. The van der Waals surface area contributed by atoms with E-state index in [4.69, 9.17) is 34.5 Å². The summed E-state index contributed by atoms with van der Waals surface area (Å²) in [6, 6.07) is 7.17. The number of nitrogen functional groups attached to an aromatic ring is 1. The molecule has 3 N–H and O–H groups in total. The molecule has 13 heteroatoms. The van der Waals surface area contributed by atoms with Gasteiger partial charge in [0.05, 0.1) is 30.3 Å². The molecule has 9 rings (SSSR count). The van der Waals surface area contributed by atoms with Crippen molar-refractivity contribution in [3.63, 3.8) is 0 Å². The number of anilines is 2. The molecule has 0 aliphatic carbocycles. The Kier molecular flexibility index (Phi) is 5.70. The Morgan fingerprint density at radius 2 is 2.20 bits per heavy atom. The van der Waals surface area contributed by atoms with Gasteiger partial charge in [0.1, 0.15) is 41.7 Å². The van der Waals surface area contributed by atoms with Crippen molar-refractivity contribution >= 4 is 54.7 Å². The van der Waals surface area contributed by atoms with Gasteiger partial charge in [-0.15, -0.1) is 11.3 Å². The molecule has 0 spiro atoms. The van der Waals surface area contributed by atoms with Gasteiger partial charge in [-0.2, -0.15) is 15.2 Å². The van der Waals surface area contributed by atoms with Crippen molar-refractivity contribution in [1.82, 2.24) is 20.2 Å². The first kappa shape index (κ1) is 25.7. The van der Waals surface area contributed by atoms with Crippen molar-refractivity contribution in [2.75, 3.05) is 43.4 Å². The van der Waals surface area contributed by atoms with Gasteiger partial charge in [-0.3, -0.25) is 4.90 Å². The van der Waals surface area contributed by atoms with Crippen LogP contribution >= 0.6 is 22.9 Å². The van der Waals surface area contributed by atoms with Crippen LogP contribution in [0.3, 0.4) is 0 Å². The number of thiophene rings is 1. The first-order chi connectivity index (χ1) is 22.6. The topological polar surface area (TPSA) is 113 Å². The lowest BCUT2D eigenvalue weighted by Gasteiger charge is -2.40. The lowest BCUT2D eigenvalue weighted by atomic mass is 9.95. The molecule has 9 nitrogen and oxygen atoms in total. The Morgan fingerprint density at radius 3 is 3.07 bits per heavy atom. The minimum atomic E-state index is -2.37. The van der Waals surface area contributed by atoms with E-state index in [9.17, 15) is 9.65 Å². The molecule has 45 heavy (non-hydrogen) atoms. The van der Waals surface area contributed by atoms with E-state index < -0.39 is 24.1 Å². The second-order valence-corrected chi connectivity index (χ2v) is 14.1. The highest BCUT2D eigenvalue weighted by atomic mass is 35.5. The van der Waals surface area contributed by atoms with Gasteiger partial charge in [0.25, 0.3) is 0 Å². The SMILES string of the molecule is [2H]C([2H])(Oc1nc2c3c(c(Cl)c(-c4cccc5sc(N)c(C#N)c45)c(F)c3n1)OCC1C3CCC(CN21)N3)[C@@]12CCCN1C[C@H](F)C2. The highest BCUT2D eigenvalue weighted by molar-refractivity contribution is 7.23. The molecule has 0 radical (unpaired) electrons. The Labute approximate surface area is 269 Å². The molecule has 2 bridgehead atoms. The minimum absolute atomic E-state index is 0.00915. The number of aromatic nitrogens is 2. The van der Waals surface area contributed by atoms with Crippen molar-refractivity contribution < 1.29 is 21.0 Å². The summed E-state index contributed by atoms with van der Waals surface area (Å²) in [7, 11) is 0. The van der Waals surface area contributed by atoms with E-state index in [1.54, 1.807) is 12.1 Å². The summed E-state index contributed by atoms with van der Waals surface area (Å²) in [6.45, 7) is -0.850. The average Bonchev–Trinajstić information content (AvgIpc) is 3.76. The second kappa shape index (κ2) is 10.00. The fourth-order valence-corrected chi connectivity index (χ4v) is 9.53. The van der Waals surface area contributed by atoms with Crippen LogP contribution in [0.4, 0.5) is 19.6 Å². The summed E-state index contributed by atoms with van der Waals surface area (Å²) in [4.78, 5) is 13.2. The summed E-state index contributed by atoms with van der Waals surface area (Å²) < 4.78 is 63.3. The van der Waals surface area contributed by atoms with Crippen molar-refractivity contribution in [3.05, 3.63) is 34.6 Å². The Bertz CT molecular complexity index is 2040. The van der Waals surface area contributed by atoms with Crippen LogP contribution in [-0.2, 0) is 0 Å². The molecule has 5 atom stereocenters. The molecule has 4 fully saturated rings. The van der Waals surface area contributed by atoms with Crippen molar-refractivity contribution in [3.8, 4) is 29.0 Å². The van der Waals surface area contributed by atoms with Crippen LogP contribution in [0.1, 0.15) is 40.4 Å². The van der Waals surface area contributed by atoms with Crippen LogP contribution in [0.15, 0.2) is 18.2 Å². The van der Waals surface area contributed by atoms with Crippen LogP contribution in [-0.4, -0.2) is 77.5 Å². The maximum atomic E-state index is 17.2. The fraction of sp³-hybridized carbons (Fsp3) is 0.469. The predicted octanol–water partition coefficient (Wildman–Crippen LogP) is 5.41. The molecule has 0 amide bonds. The minimum Gasteiger partial charge on any atom is -0.489 e. The third-order valence-electron chi connectivity index (χ3n) is 10.2. The fourth-order valence-electron chi connectivity index (χ4n) is 8.25. The van der Waals surface area contributed by atoms with Gasteiger partial charge in [0.15, 0.2) is 11.6 Å². The smallest absolute Gasteiger partial charge is 0.319 e. The average molecular weight is 652 g/mol. The molecular formula is C32H30ClF2N7O2S. The molecule has 2 aromatic carbocycles. The molecule has 232 valence electrons. The van der Waals surface area contributed by atoms with Gasteiger partial charge in [0.2, 0.25) is 0 Å². The molecule has 0 saturated carbocycles. The quantitative estimate of drug-likeness (QED) is 0.299. The normalized spacial score (nSPS) is 29.6. The zero-order valence-corrected chi connectivity index (χ0v) is 25.6. The number of nitrogens with one attached hydrogen (secondary N) is 1. The summed E-state index contributed by atoms with van der Waals surface area (Å²) in [5.41, 5.74) is 5.44. The monoisotopic (exact) mass is 651 g/mol. The van der Waals surface area contributed by atoms with Crippen LogP contribution in [0.2, 0.25) is 5.02 Å². The van der Waals surface area contributed by atoms with Crippen molar-refractivity contribution in [2.24, 2.45) is 0 Å². The summed E-state index contributed by atoms with van der Waals surface area (Å²) in [5.74, 6) is -0.215. The number of fused-ring (bicyclic) bond motifs is 7. The molecule has 7 heterocycles. The molecule has 5 aliphatic rings. The molecule has 4 saturated heterocycles. The van der Waals surface area contributed by atoms with Crippen LogP contribution in [0.5, 0.6) is 11.8 Å².